The lowest BCUT2D eigenvalue weighted by Crippen LogP contribution is -2.50. The molecule has 1 saturated heterocycles. The minimum atomic E-state index is -0.285. The van der Waals surface area contributed by atoms with E-state index >= 15 is 0 Å². The molecule has 1 spiro atoms. The summed E-state index contributed by atoms with van der Waals surface area (Å²) in [6, 6.07) is 6.93. The number of benzene rings is 1. The van der Waals surface area contributed by atoms with E-state index in [1.165, 1.54) is 0 Å². The number of carbonyl (C=O) groups excluding carboxylic acids is 2. The lowest BCUT2D eigenvalue weighted by atomic mass is 9.76. The Kier molecular flexibility index (Phi) is 5.42. The van der Waals surface area contributed by atoms with E-state index in [-0.39, 0.29) is 29.8 Å². The van der Waals surface area contributed by atoms with Crippen molar-refractivity contribution in [2.75, 3.05) is 19.7 Å². The Morgan fingerprint density at radius 1 is 1.24 bits per heavy atom. The van der Waals surface area contributed by atoms with Crippen LogP contribution in [0.25, 0.3) is 0 Å². The number of aliphatic hydroxyl groups excluding tert-OH is 1. The largest absolute Gasteiger partial charge is 0.484 e. The third-order valence-corrected chi connectivity index (χ3v) is 5.68. The van der Waals surface area contributed by atoms with Crippen LogP contribution in [0.5, 0.6) is 5.75 Å². The first kappa shape index (κ1) is 17.9. The van der Waals surface area contributed by atoms with E-state index < -0.39 is 0 Å². The van der Waals surface area contributed by atoms with Gasteiger partial charge in [0.25, 0.3) is 5.91 Å². The van der Waals surface area contributed by atoms with Crippen molar-refractivity contribution in [3.8, 4) is 5.75 Å². The molecule has 2 atom stereocenters. The predicted octanol–water partition coefficient (Wildman–Crippen LogP) is 2.81. The van der Waals surface area contributed by atoms with Crippen LogP contribution >= 0.6 is 0 Å². The molecule has 0 bridgehead atoms. The molecule has 1 aromatic carbocycles. The Morgan fingerprint density at radius 3 is 2.60 bits per heavy atom. The second kappa shape index (κ2) is 7.56. The van der Waals surface area contributed by atoms with Crippen LogP contribution in [0.2, 0.25) is 0 Å². The lowest BCUT2D eigenvalue weighted by Gasteiger charge is -2.42. The van der Waals surface area contributed by atoms with Crippen LogP contribution in [0.15, 0.2) is 24.3 Å². The van der Waals surface area contributed by atoms with Gasteiger partial charge in [-0.05, 0) is 49.9 Å². The third kappa shape index (κ3) is 3.87. The monoisotopic (exact) mass is 345 g/mol. The first-order chi connectivity index (χ1) is 12.0. The lowest BCUT2D eigenvalue weighted by molar-refractivity contribution is -0.138. The summed E-state index contributed by atoms with van der Waals surface area (Å²) in [7, 11) is 0. The number of ketones is 1. The molecule has 0 radical (unpaired) electrons. The molecule has 0 unspecified atom stereocenters. The van der Waals surface area contributed by atoms with Gasteiger partial charge in [-0.3, -0.25) is 9.59 Å². The predicted molar refractivity (Wildman–Crippen MR) is 94.7 cm³/mol. The fourth-order valence-electron chi connectivity index (χ4n) is 4.15. The number of carbonyl (C=O) groups is 2. The summed E-state index contributed by atoms with van der Waals surface area (Å²) >= 11 is 0. The summed E-state index contributed by atoms with van der Waals surface area (Å²) in [6.07, 6.45) is 5.03. The van der Waals surface area contributed by atoms with Crippen molar-refractivity contribution >= 4 is 11.7 Å². The van der Waals surface area contributed by atoms with E-state index in [2.05, 4.69) is 0 Å². The van der Waals surface area contributed by atoms with Gasteiger partial charge in [0.15, 0.2) is 12.4 Å². The molecule has 1 aliphatic carbocycles. The minimum absolute atomic E-state index is 0.00670. The highest BCUT2D eigenvalue weighted by Crippen LogP contribution is 2.44. The zero-order chi connectivity index (χ0) is 17.9. The minimum Gasteiger partial charge on any atom is -0.484 e. The summed E-state index contributed by atoms with van der Waals surface area (Å²) in [4.78, 5) is 26.0. The molecule has 1 aromatic rings. The average molecular weight is 345 g/mol. The fourth-order valence-corrected chi connectivity index (χ4v) is 4.15. The number of rotatable bonds is 5. The maximum Gasteiger partial charge on any atom is 0.260 e. The zero-order valence-corrected chi connectivity index (χ0v) is 14.9. The van der Waals surface area contributed by atoms with Crippen LogP contribution in [0.3, 0.4) is 0 Å². The molecule has 1 N–H and O–H groups in total. The van der Waals surface area contributed by atoms with Crippen LogP contribution in [-0.2, 0) is 4.79 Å². The second-order valence-electron chi connectivity index (χ2n) is 7.28. The van der Waals surface area contributed by atoms with Crippen LogP contribution in [0.4, 0.5) is 0 Å². The van der Waals surface area contributed by atoms with Crippen molar-refractivity contribution in [3.05, 3.63) is 29.8 Å². The first-order valence-electron chi connectivity index (χ1n) is 9.26. The molecule has 5 heteroatoms. The first-order valence-corrected chi connectivity index (χ1v) is 9.26. The van der Waals surface area contributed by atoms with Crippen LogP contribution < -0.4 is 4.74 Å². The molecular weight excluding hydrogens is 318 g/mol. The molecular formula is C20H27NO4. The molecule has 1 amide bonds. The summed E-state index contributed by atoms with van der Waals surface area (Å²) in [5.41, 5.74) is 0.560. The van der Waals surface area contributed by atoms with Crippen molar-refractivity contribution in [1.82, 2.24) is 4.90 Å². The molecule has 0 aromatic heterocycles. The highest BCUT2D eigenvalue weighted by Gasteiger charge is 2.45. The van der Waals surface area contributed by atoms with Gasteiger partial charge in [0.05, 0.1) is 6.10 Å². The van der Waals surface area contributed by atoms with Crippen molar-refractivity contribution < 1.29 is 19.4 Å². The average Bonchev–Trinajstić information content (AvgIpc) is 2.99. The summed E-state index contributed by atoms with van der Waals surface area (Å²) < 4.78 is 5.60. The van der Waals surface area contributed by atoms with Gasteiger partial charge in [0.2, 0.25) is 0 Å². The summed E-state index contributed by atoms with van der Waals surface area (Å²) in [5.74, 6) is 0.650. The number of amides is 1. The van der Waals surface area contributed by atoms with Crippen molar-refractivity contribution in [2.45, 2.75) is 51.6 Å². The molecule has 2 aliphatic rings. The number of hydrogen-bond donors (Lipinski definition) is 1. The number of hydrogen-bond acceptors (Lipinski definition) is 4. The van der Waals surface area contributed by atoms with Gasteiger partial charge < -0.3 is 14.7 Å². The second-order valence-corrected chi connectivity index (χ2v) is 7.28. The van der Waals surface area contributed by atoms with E-state index in [1.54, 1.807) is 24.3 Å². The molecule has 1 saturated carbocycles. The van der Waals surface area contributed by atoms with Crippen molar-refractivity contribution in [3.63, 3.8) is 0 Å². The van der Waals surface area contributed by atoms with E-state index in [0.29, 0.717) is 24.3 Å². The summed E-state index contributed by atoms with van der Waals surface area (Å²) in [6.45, 7) is 3.20. The number of likely N-dealkylation sites (tertiary alicyclic amines) is 1. The van der Waals surface area contributed by atoms with Gasteiger partial charge in [-0.25, -0.2) is 0 Å². The smallest absolute Gasteiger partial charge is 0.260 e. The van der Waals surface area contributed by atoms with E-state index in [4.69, 9.17) is 4.74 Å². The van der Waals surface area contributed by atoms with E-state index in [1.807, 2.05) is 11.8 Å². The highest BCUT2D eigenvalue weighted by atomic mass is 16.5. The standard InChI is InChI=1S/C20H27NO4/c1-2-17(22)15-6-8-16(9-7-15)25-13-19(24)21-12-4-11-20(14-21)10-3-5-18(20)23/h6-9,18,23H,2-5,10-14H2,1H3/t18-,20-/m1/s1. The number of nitrogens with zero attached hydrogens (tertiary/aromatic N) is 1. The van der Waals surface area contributed by atoms with Gasteiger partial charge in [-0.15, -0.1) is 0 Å². The van der Waals surface area contributed by atoms with Gasteiger partial charge in [0, 0.05) is 30.5 Å². The van der Waals surface area contributed by atoms with Gasteiger partial charge in [0.1, 0.15) is 5.75 Å². The Hall–Kier alpha value is -1.88. The number of piperidine rings is 1. The third-order valence-electron chi connectivity index (χ3n) is 5.68. The van der Waals surface area contributed by atoms with Crippen molar-refractivity contribution in [2.24, 2.45) is 5.41 Å². The molecule has 25 heavy (non-hydrogen) atoms. The topological polar surface area (TPSA) is 66.8 Å². The molecule has 1 heterocycles. The molecule has 3 rings (SSSR count). The van der Waals surface area contributed by atoms with Gasteiger partial charge in [-0.2, -0.15) is 0 Å². The maximum absolute atomic E-state index is 12.5. The molecule has 5 nitrogen and oxygen atoms in total. The van der Waals surface area contributed by atoms with Crippen LogP contribution in [-0.4, -0.2) is 47.5 Å². The summed E-state index contributed by atoms with van der Waals surface area (Å²) in [5, 5.41) is 10.3. The Labute approximate surface area is 149 Å². The Bertz CT molecular complexity index is 627. The Balaban J connectivity index is 1.54. The fraction of sp³-hybridized carbons (Fsp3) is 0.600. The number of ether oxygens (including phenoxy) is 1. The molecule has 1 aliphatic heterocycles. The van der Waals surface area contributed by atoms with Gasteiger partial charge in [-0.1, -0.05) is 13.3 Å². The maximum atomic E-state index is 12.5. The van der Waals surface area contributed by atoms with E-state index in [0.717, 1.165) is 38.6 Å². The normalized spacial score (nSPS) is 26.0. The zero-order valence-electron chi connectivity index (χ0n) is 14.9. The van der Waals surface area contributed by atoms with Gasteiger partial charge >= 0.3 is 0 Å². The number of Topliss-reactive ketones (excluding diaryl/α,β-unsaturated/α-hetero) is 1. The van der Waals surface area contributed by atoms with Crippen molar-refractivity contribution in [1.29, 1.82) is 0 Å². The van der Waals surface area contributed by atoms with Crippen LogP contribution in [0, 0.1) is 5.41 Å². The Morgan fingerprint density at radius 2 is 1.96 bits per heavy atom. The SMILES string of the molecule is CCC(=O)c1ccc(OCC(=O)N2CCC[C@]3(CCC[C@H]3O)C2)cc1. The molecule has 2 fully saturated rings. The quantitative estimate of drug-likeness (QED) is 0.834. The molecule has 136 valence electrons. The van der Waals surface area contributed by atoms with E-state index in [9.17, 15) is 14.7 Å². The number of aliphatic hydroxyl groups is 1. The highest BCUT2D eigenvalue weighted by molar-refractivity contribution is 5.95. The van der Waals surface area contributed by atoms with Crippen LogP contribution in [0.1, 0.15) is 55.8 Å².